The molecule has 130 valence electrons. The van der Waals surface area contributed by atoms with Gasteiger partial charge in [0.2, 0.25) is 0 Å². The van der Waals surface area contributed by atoms with Crippen molar-refractivity contribution >= 4 is 22.8 Å². The molecule has 1 aromatic carbocycles. The summed E-state index contributed by atoms with van der Waals surface area (Å²) in [5.74, 6) is 0.450. The molecule has 0 saturated heterocycles. The molecule has 1 saturated carbocycles. The number of imidazole rings is 1. The molecule has 1 aliphatic carbocycles. The monoisotopic (exact) mass is 340 g/mol. The Labute approximate surface area is 145 Å². The standard InChI is InChI=1S/C18H21FN6/c19-12-2-1-3-14(10-12)23-16-15(11-4-6-13(20)7-5-11)17(21)24-25-9-8-22-18(16)25/h1-3,8-11,13,23H,4-7,20H2,(H2,21,24). The summed E-state index contributed by atoms with van der Waals surface area (Å²) in [6.45, 7) is 0. The molecule has 0 unspecified atom stereocenters. The maximum absolute atomic E-state index is 13.6. The number of nitrogens with one attached hydrogen (secondary N) is 1. The maximum atomic E-state index is 13.6. The molecule has 2 heterocycles. The molecular formula is C18H21FN6. The summed E-state index contributed by atoms with van der Waals surface area (Å²) in [6, 6.07) is 6.61. The highest BCUT2D eigenvalue weighted by molar-refractivity contribution is 5.80. The minimum absolute atomic E-state index is 0.250. The molecule has 1 fully saturated rings. The number of hydrogen-bond acceptors (Lipinski definition) is 5. The molecule has 5 N–H and O–H groups in total. The second-order valence-electron chi connectivity index (χ2n) is 6.62. The quantitative estimate of drug-likeness (QED) is 0.681. The summed E-state index contributed by atoms with van der Waals surface area (Å²) in [5.41, 5.74) is 15.4. The van der Waals surface area contributed by atoms with Crippen LogP contribution in [0.3, 0.4) is 0 Å². The number of nitrogens with two attached hydrogens (primary N) is 2. The largest absolute Gasteiger partial charge is 0.382 e. The van der Waals surface area contributed by atoms with E-state index in [4.69, 9.17) is 11.5 Å². The lowest BCUT2D eigenvalue weighted by molar-refractivity contribution is 0.396. The van der Waals surface area contributed by atoms with Crippen LogP contribution in [0.25, 0.3) is 5.65 Å². The highest BCUT2D eigenvalue weighted by Gasteiger charge is 2.27. The zero-order chi connectivity index (χ0) is 17.4. The van der Waals surface area contributed by atoms with Gasteiger partial charge in [-0.25, -0.2) is 13.9 Å². The first kappa shape index (κ1) is 15.8. The van der Waals surface area contributed by atoms with Gasteiger partial charge in [0, 0.05) is 29.7 Å². The van der Waals surface area contributed by atoms with Crippen molar-refractivity contribution in [3.63, 3.8) is 0 Å². The van der Waals surface area contributed by atoms with E-state index in [1.54, 1.807) is 23.0 Å². The highest BCUT2D eigenvalue weighted by atomic mass is 19.1. The fraction of sp³-hybridized carbons (Fsp3) is 0.333. The van der Waals surface area contributed by atoms with Crippen LogP contribution in [-0.4, -0.2) is 20.6 Å². The van der Waals surface area contributed by atoms with Gasteiger partial charge in [0.25, 0.3) is 0 Å². The van der Waals surface area contributed by atoms with E-state index in [0.717, 1.165) is 36.9 Å². The normalized spacial score (nSPS) is 20.7. The Balaban J connectivity index is 1.82. The van der Waals surface area contributed by atoms with Crippen LogP contribution in [0.4, 0.5) is 21.6 Å². The van der Waals surface area contributed by atoms with Crippen molar-refractivity contribution < 1.29 is 4.39 Å². The number of nitrogens with zero attached hydrogens (tertiary/aromatic N) is 3. The van der Waals surface area contributed by atoms with Crippen LogP contribution in [0.15, 0.2) is 36.7 Å². The SMILES string of the molecule is Nc1nn2ccnc2c(Nc2cccc(F)c2)c1C1CCC(N)CC1. The van der Waals surface area contributed by atoms with Gasteiger partial charge in [-0.2, -0.15) is 0 Å². The Bertz CT molecular complexity index is 898. The van der Waals surface area contributed by atoms with Gasteiger partial charge in [-0.15, -0.1) is 5.10 Å². The van der Waals surface area contributed by atoms with Gasteiger partial charge in [-0.1, -0.05) is 6.07 Å². The average molecular weight is 340 g/mol. The second-order valence-corrected chi connectivity index (χ2v) is 6.62. The van der Waals surface area contributed by atoms with Gasteiger partial charge in [0.05, 0.1) is 5.69 Å². The number of halogens is 1. The summed E-state index contributed by atoms with van der Waals surface area (Å²) >= 11 is 0. The van der Waals surface area contributed by atoms with Gasteiger partial charge >= 0.3 is 0 Å². The Morgan fingerprint density at radius 3 is 2.76 bits per heavy atom. The first-order valence-electron chi connectivity index (χ1n) is 8.52. The molecule has 2 aromatic heterocycles. The minimum Gasteiger partial charge on any atom is -0.382 e. The Morgan fingerprint density at radius 1 is 1.20 bits per heavy atom. The molecule has 0 aliphatic heterocycles. The number of benzene rings is 1. The van der Waals surface area contributed by atoms with Gasteiger partial charge < -0.3 is 16.8 Å². The number of hydrogen-bond donors (Lipinski definition) is 3. The number of anilines is 3. The molecule has 7 heteroatoms. The van der Waals surface area contributed by atoms with E-state index < -0.39 is 0 Å². The van der Waals surface area contributed by atoms with Gasteiger partial charge in [-0.3, -0.25) is 0 Å². The zero-order valence-electron chi connectivity index (χ0n) is 13.8. The van der Waals surface area contributed by atoms with Gasteiger partial charge in [0.1, 0.15) is 11.6 Å². The van der Waals surface area contributed by atoms with Crippen LogP contribution in [0.5, 0.6) is 0 Å². The van der Waals surface area contributed by atoms with Crippen molar-refractivity contribution in [2.45, 2.75) is 37.6 Å². The zero-order valence-corrected chi connectivity index (χ0v) is 13.8. The van der Waals surface area contributed by atoms with Crippen molar-refractivity contribution in [1.29, 1.82) is 0 Å². The van der Waals surface area contributed by atoms with Gasteiger partial charge in [0.15, 0.2) is 5.65 Å². The first-order valence-corrected chi connectivity index (χ1v) is 8.52. The van der Waals surface area contributed by atoms with E-state index in [2.05, 4.69) is 15.4 Å². The van der Waals surface area contributed by atoms with E-state index in [-0.39, 0.29) is 17.8 Å². The third-order valence-electron chi connectivity index (χ3n) is 4.88. The summed E-state index contributed by atoms with van der Waals surface area (Å²) in [7, 11) is 0. The Hall–Kier alpha value is -2.67. The van der Waals surface area contributed by atoms with Crippen LogP contribution >= 0.6 is 0 Å². The molecule has 4 rings (SSSR count). The lowest BCUT2D eigenvalue weighted by atomic mass is 9.81. The van der Waals surface area contributed by atoms with E-state index >= 15 is 0 Å². The summed E-state index contributed by atoms with van der Waals surface area (Å²) < 4.78 is 15.2. The molecule has 0 radical (unpaired) electrons. The van der Waals surface area contributed by atoms with Crippen molar-refractivity contribution in [2.24, 2.45) is 5.73 Å². The molecule has 0 amide bonds. The van der Waals surface area contributed by atoms with E-state index in [1.165, 1.54) is 12.1 Å². The van der Waals surface area contributed by atoms with E-state index in [1.807, 2.05) is 6.07 Å². The van der Waals surface area contributed by atoms with Crippen LogP contribution in [0.1, 0.15) is 37.2 Å². The molecule has 0 bridgehead atoms. The lowest BCUT2D eigenvalue weighted by Gasteiger charge is -2.28. The van der Waals surface area contributed by atoms with Crippen LogP contribution in [-0.2, 0) is 0 Å². The highest BCUT2D eigenvalue weighted by Crippen LogP contribution is 2.41. The van der Waals surface area contributed by atoms with Crippen LogP contribution in [0.2, 0.25) is 0 Å². The predicted molar refractivity (Wildman–Crippen MR) is 96.3 cm³/mol. The fourth-order valence-electron chi connectivity index (χ4n) is 3.63. The summed E-state index contributed by atoms with van der Waals surface area (Å²) in [6.07, 6.45) is 7.28. The number of fused-ring (bicyclic) bond motifs is 1. The van der Waals surface area contributed by atoms with E-state index in [9.17, 15) is 4.39 Å². The number of rotatable bonds is 3. The fourth-order valence-corrected chi connectivity index (χ4v) is 3.63. The third-order valence-corrected chi connectivity index (χ3v) is 4.88. The Morgan fingerprint density at radius 2 is 2.00 bits per heavy atom. The topological polar surface area (TPSA) is 94.3 Å². The first-order chi connectivity index (χ1) is 12.1. The molecule has 6 nitrogen and oxygen atoms in total. The molecular weight excluding hydrogens is 319 g/mol. The van der Waals surface area contributed by atoms with Crippen molar-refractivity contribution in [1.82, 2.24) is 14.6 Å². The van der Waals surface area contributed by atoms with Crippen LogP contribution in [0, 0.1) is 5.82 Å². The van der Waals surface area contributed by atoms with Crippen molar-refractivity contribution in [2.75, 3.05) is 11.1 Å². The summed E-state index contributed by atoms with van der Waals surface area (Å²) in [5, 5.41) is 7.75. The average Bonchev–Trinajstić information content (AvgIpc) is 3.04. The minimum atomic E-state index is -0.295. The third kappa shape index (κ3) is 3.02. The second kappa shape index (κ2) is 6.33. The predicted octanol–water partition coefficient (Wildman–Crippen LogP) is 3.18. The number of aromatic nitrogens is 3. The van der Waals surface area contributed by atoms with Gasteiger partial charge in [-0.05, 0) is 49.8 Å². The molecule has 1 aliphatic rings. The summed E-state index contributed by atoms with van der Waals surface area (Å²) in [4.78, 5) is 4.41. The molecule has 3 aromatic rings. The van der Waals surface area contributed by atoms with E-state index in [0.29, 0.717) is 17.2 Å². The molecule has 25 heavy (non-hydrogen) atoms. The molecule has 0 spiro atoms. The molecule has 0 atom stereocenters. The van der Waals surface area contributed by atoms with Crippen LogP contribution < -0.4 is 16.8 Å². The maximum Gasteiger partial charge on any atom is 0.177 e. The lowest BCUT2D eigenvalue weighted by Crippen LogP contribution is -2.26. The van der Waals surface area contributed by atoms with Crippen molar-refractivity contribution in [3.05, 3.63) is 48.0 Å². The smallest absolute Gasteiger partial charge is 0.177 e. The van der Waals surface area contributed by atoms with Crippen molar-refractivity contribution in [3.8, 4) is 0 Å². The number of nitrogen functional groups attached to an aromatic ring is 1. The Kier molecular flexibility index (Phi) is 4.01.